The van der Waals surface area contributed by atoms with Gasteiger partial charge in [0.1, 0.15) is 0 Å². The summed E-state index contributed by atoms with van der Waals surface area (Å²) in [5, 5.41) is 21.0. The van der Waals surface area contributed by atoms with Crippen molar-refractivity contribution in [1.29, 1.82) is 10.5 Å². The smallest absolute Gasteiger partial charge is 0.178 e. The molecule has 1 aliphatic heterocycles. The highest BCUT2D eigenvalue weighted by molar-refractivity contribution is 5.83. The number of likely N-dealkylation sites (tertiary alicyclic amines) is 1. The largest absolute Gasteiger partial charge is 0.295 e. The van der Waals surface area contributed by atoms with E-state index in [4.69, 9.17) is 0 Å². The number of likely N-dealkylation sites (N-methyl/N-ethyl adjacent to an activating group) is 1. The van der Waals surface area contributed by atoms with Gasteiger partial charge in [-0.2, -0.15) is 10.5 Å². The average Bonchev–Trinajstić information content (AvgIpc) is 3.19. The van der Waals surface area contributed by atoms with Crippen molar-refractivity contribution in [3.8, 4) is 23.3 Å². The number of hydrogen-bond donors (Lipinski definition) is 0. The van der Waals surface area contributed by atoms with Crippen LogP contribution in [0.3, 0.4) is 0 Å². The number of benzene rings is 2. The van der Waals surface area contributed by atoms with Gasteiger partial charge < -0.3 is 0 Å². The van der Waals surface area contributed by atoms with Gasteiger partial charge in [0.15, 0.2) is 5.41 Å². The maximum atomic E-state index is 10.5. The Kier molecular flexibility index (Phi) is 3.43. The Morgan fingerprint density at radius 3 is 2.07 bits per heavy atom. The van der Waals surface area contributed by atoms with Crippen LogP contribution in [0.2, 0.25) is 0 Å². The second-order valence-corrected chi connectivity index (χ2v) is 7.63. The van der Waals surface area contributed by atoms with Crippen molar-refractivity contribution < 1.29 is 0 Å². The summed E-state index contributed by atoms with van der Waals surface area (Å²) in [5.41, 5.74) is 3.29. The Labute approximate surface area is 164 Å². The van der Waals surface area contributed by atoms with Crippen molar-refractivity contribution in [1.82, 2.24) is 9.88 Å². The van der Waals surface area contributed by atoms with Crippen LogP contribution in [0, 0.1) is 28.1 Å². The lowest BCUT2D eigenvalue weighted by Crippen LogP contribution is -2.43. The fourth-order valence-corrected chi connectivity index (χ4v) is 5.45. The van der Waals surface area contributed by atoms with Gasteiger partial charge in [-0.25, -0.2) is 0 Å². The van der Waals surface area contributed by atoms with Gasteiger partial charge in [-0.3, -0.25) is 9.88 Å². The van der Waals surface area contributed by atoms with E-state index in [9.17, 15) is 10.5 Å². The van der Waals surface area contributed by atoms with E-state index < -0.39 is 10.8 Å². The van der Waals surface area contributed by atoms with Crippen molar-refractivity contribution in [3.63, 3.8) is 0 Å². The van der Waals surface area contributed by atoms with Crippen molar-refractivity contribution in [3.05, 3.63) is 89.7 Å². The quantitative estimate of drug-likeness (QED) is 0.655. The minimum absolute atomic E-state index is 0.365. The third-order valence-corrected chi connectivity index (χ3v) is 6.43. The molecule has 5 rings (SSSR count). The van der Waals surface area contributed by atoms with E-state index >= 15 is 0 Å². The zero-order valence-corrected chi connectivity index (χ0v) is 15.5. The Bertz CT molecular complexity index is 1090. The molecule has 0 amide bonds. The third-order valence-electron chi connectivity index (χ3n) is 6.43. The number of nitrogens with zero attached hydrogens (tertiary/aromatic N) is 4. The van der Waals surface area contributed by atoms with E-state index in [-0.39, 0.29) is 6.04 Å². The summed E-state index contributed by atoms with van der Waals surface area (Å²) < 4.78 is 0. The molecule has 1 spiro atoms. The molecular weight excluding hydrogens is 344 g/mol. The first-order valence-electron chi connectivity index (χ1n) is 9.31. The maximum Gasteiger partial charge on any atom is 0.178 e. The van der Waals surface area contributed by atoms with E-state index in [1.807, 2.05) is 43.4 Å². The molecule has 28 heavy (non-hydrogen) atoms. The summed E-state index contributed by atoms with van der Waals surface area (Å²) in [4.78, 5) is 6.40. The monoisotopic (exact) mass is 362 g/mol. The molecule has 2 aliphatic rings. The molecule has 134 valence electrons. The van der Waals surface area contributed by atoms with Gasteiger partial charge in [0.2, 0.25) is 0 Å². The summed E-state index contributed by atoms with van der Waals surface area (Å²) in [6, 6.07) is 24.8. The lowest BCUT2D eigenvalue weighted by molar-refractivity contribution is 0.263. The molecule has 0 radical (unpaired) electrons. The molecule has 1 fully saturated rings. The first-order chi connectivity index (χ1) is 13.7. The zero-order chi connectivity index (χ0) is 19.4. The molecule has 0 saturated carbocycles. The minimum atomic E-state index is -1.27. The van der Waals surface area contributed by atoms with Gasteiger partial charge in [0.05, 0.1) is 23.6 Å². The van der Waals surface area contributed by atoms with Gasteiger partial charge >= 0.3 is 0 Å². The number of aromatic nitrogens is 1. The molecule has 0 N–H and O–H groups in total. The van der Waals surface area contributed by atoms with Crippen LogP contribution in [0.1, 0.15) is 22.7 Å². The van der Waals surface area contributed by atoms with Crippen LogP contribution < -0.4 is 0 Å². The summed E-state index contributed by atoms with van der Waals surface area (Å²) in [6.45, 7) is 0.599. The molecule has 1 unspecified atom stereocenters. The molecule has 1 saturated heterocycles. The summed E-state index contributed by atoms with van der Waals surface area (Å²) in [6.07, 6.45) is 3.49. The van der Waals surface area contributed by atoms with E-state index in [1.54, 1.807) is 12.4 Å². The highest BCUT2D eigenvalue weighted by Gasteiger charge is 2.68. The standard InChI is InChI=1S/C24H18N4/c1-28-16-24(23(14-25,15-26)22(28)17-7-6-12-27-13-17)20-10-4-2-8-18(20)19-9-3-5-11-21(19)24/h2-13,22H,16H2,1H3. The summed E-state index contributed by atoms with van der Waals surface area (Å²) in [5.74, 6) is 0. The second-order valence-electron chi connectivity index (χ2n) is 7.63. The lowest BCUT2D eigenvalue weighted by atomic mass is 9.58. The summed E-state index contributed by atoms with van der Waals surface area (Å²) >= 11 is 0. The predicted octanol–water partition coefficient (Wildman–Crippen LogP) is 4.07. The number of rotatable bonds is 1. The van der Waals surface area contributed by atoms with Crippen molar-refractivity contribution in [2.75, 3.05) is 13.6 Å². The zero-order valence-electron chi connectivity index (χ0n) is 15.5. The van der Waals surface area contributed by atoms with Crippen LogP contribution in [0.5, 0.6) is 0 Å². The van der Waals surface area contributed by atoms with Crippen LogP contribution in [0.4, 0.5) is 0 Å². The SMILES string of the molecule is CN1CC2(c3ccccc3-c3ccccc32)C(C#N)(C#N)C1c1cccnc1. The third kappa shape index (κ3) is 1.78. The highest BCUT2D eigenvalue weighted by atomic mass is 15.2. The average molecular weight is 362 g/mol. The first kappa shape index (κ1) is 16.7. The van der Waals surface area contributed by atoms with Gasteiger partial charge in [-0.05, 0) is 40.9 Å². The van der Waals surface area contributed by atoms with E-state index in [0.29, 0.717) is 6.54 Å². The second kappa shape index (κ2) is 5.76. The Hall–Kier alpha value is -3.47. The molecule has 2 heterocycles. The van der Waals surface area contributed by atoms with Crippen molar-refractivity contribution >= 4 is 0 Å². The fraction of sp³-hybridized carbons (Fsp3) is 0.208. The lowest BCUT2D eigenvalue weighted by Gasteiger charge is -2.37. The number of pyridine rings is 1. The molecule has 1 aromatic heterocycles. The Balaban J connectivity index is 1.88. The fourth-order valence-electron chi connectivity index (χ4n) is 5.45. The topological polar surface area (TPSA) is 63.7 Å². The van der Waals surface area contributed by atoms with Gasteiger partial charge in [0.25, 0.3) is 0 Å². The normalized spacial score (nSPS) is 20.9. The molecule has 4 nitrogen and oxygen atoms in total. The Morgan fingerprint density at radius 1 is 0.929 bits per heavy atom. The van der Waals surface area contributed by atoms with Crippen LogP contribution in [0.15, 0.2) is 73.1 Å². The van der Waals surface area contributed by atoms with Crippen LogP contribution in [-0.4, -0.2) is 23.5 Å². The Morgan fingerprint density at radius 2 is 1.54 bits per heavy atom. The molecule has 4 heteroatoms. The van der Waals surface area contributed by atoms with Crippen LogP contribution in [-0.2, 0) is 5.41 Å². The summed E-state index contributed by atoms with van der Waals surface area (Å²) in [7, 11) is 2.00. The molecular formula is C24H18N4. The number of fused-ring (bicyclic) bond motifs is 5. The number of hydrogen-bond acceptors (Lipinski definition) is 4. The predicted molar refractivity (Wildman–Crippen MR) is 106 cm³/mol. The van der Waals surface area contributed by atoms with Crippen molar-refractivity contribution in [2.24, 2.45) is 5.41 Å². The minimum Gasteiger partial charge on any atom is -0.295 e. The van der Waals surface area contributed by atoms with E-state index in [1.165, 1.54) is 0 Å². The highest BCUT2D eigenvalue weighted by Crippen LogP contribution is 2.65. The van der Waals surface area contributed by atoms with Gasteiger partial charge in [0, 0.05) is 18.9 Å². The molecule has 2 aromatic carbocycles. The molecule has 1 atom stereocenters. The first-order valence-corrected chi connectivity index (χ1v) is 9.31. The van der Waals surface area contributed by atoms with Crippen LogP contribution in [0.25, 0.3) is 11.1 Å². The van der Waals surface area contributed by atoms with Gasteiger partial charge in [-0.15, -0.1) is 0 Å². The van der Waals surface area contributed by atoms with Crippen LogP contribution >= 0.6 is 0 Å². The number of nitriles is 2. The molecule has 0 bridgehead atoms. The maximum absolute atomic E-state index is 10.5. The van der Waals surface area contributed by atoms with Crippen molar-refractivity contribution in [2.45, 2.75) is 11.5 Å². The van der Waals surface area contributed by atoms with E-state index in [0.717, 1.165) is 27.8 Å². The van der Waals surface area contributed by atoms with Gasteiger partial charge in [-0.1, -0.05) is 54.6 Å². The van der Waals surface area contributed by atoms with E-state index in [2.05, 4.69) is 46.3 Å². The molecule has 3 aromatic rings. The molecule has 1 aliphatic carbocycles.